The van der Waals surface area contributed by atoms with Crippen molar-refractivity contribution in [3.63, 3.8) is 0 Å². The van der Waals surface area contributed by atoms with Crippen molar-refractivity contribution in [2.45, 2.75) is 6.10 Å². The molecular weight excluding hydrogens is 408 g/mol. The van der Waals surface area contributed by atoms with Gasteiger partial charge in [-0.05, 0) is 42.0 Å². The van der Waals surface area contributed by atoms with Crippen LogP contribution in [-0.4, -0.2) is 35.5 Å². The Morgan fingerprint density at radius 2 is 1.25 bits per heavy atom. The maximum Gasteiger partial charge on any atom is 0.153 e. The summed E-state index contributed by atoms with van der Waals surface area (Å²) in [5, 5.41) is 0. The highest BCUT2D eigenvalue weighted by molar-refractivity contribution is 5.84. The van der Waals surface area contributed by atoms with Crippen LogP contribution in [0.15, 0.2) is 54.6 Å². The molecule has 0 saturated carbocycles. The van der Waals surface area contributed by atoms with Gasteiger partial charge >= 0.3 is 0 Å². The van der Waals surface area contributed by atoms with E-state index in [-0.39, 0.29) is 0 Å². The van der Waals surface area contributed by atoms with Crippen LogP contribution in [-0.2, 0) is 4.74 Å². The number of ether oxygens (including phenoxy) is 6. The summed E-state index contributed by atoms with van der Waals surface area (Å²) in [5.74, 6) is 4.26. The Morgan fingerprint density at radius 1 is 0.656 bits per heavy atom. The van der Waals surface area contributed by atoms with Crippen LogP contribution in [0.4, 0.5) is 0 Å². The average Bonchev–Trinajstić information content (AvgIpc) is 3.21. The van der Waals surface area contributed by atoms with E-state index in [1.165, 1.54) is 0 Å². The lowest BCUT2D eigenvalue weighted by molar-refractivity contribution is 0.224. The third kappa shape index (κ3) is 4.04. The Kier molecular flexibility index (Phi) is 6.12. The van der Waals surface area contributed by atoms with Crippen molar-refractivity contribution in [2.75, 3.05) is 35.5 Å². The van der Waals surface area contributed by atoms with Gasteiger partial charge in [-0.1, -0.05) is 12.1 Å². The van der Waals surface area contributed by atoms with Crippen LogP contribution < -0.4 is 23.7 Å². The van der Waals surface area contributed by atoms with Crippen molar-refractivity contribution in [1.82, 2.24) is 0 Å². The number of methoxy groups -OCH3 is 5. The minimum Gasteiger partial charge on any atom is -0.497 e. The Bertz CT molecular complexity index is 1110. The van der Waals surface area contributed by atoms with Crippen LogP contribution in [0.3, 0.4) is 0 Å². The molecule has 6 nitrogen and oxygen atoms in total. The lowest BCUT2D eigenvalue weighted by atomic mass is 9.96. The third-order valence-electron chi connectivity index (χ3n) is 5.43. The van der Waals surface area contributed by atoms with E-state index in [1.54, 1.807) is 35.5 Å². The first-order chi connectivity index (χ1) is 15.6. The van der Waals surface area contributed by atoms with E-state index in [1.807, 2.05) is 60.7 Å². The van der Waals surface area contributed by atoms with Crippen molar-refractivity contribution in [3.8, 4) is 28.7 Å². The molecule has 166 valence electrons. The molecule has 0 N–H and O–H groups in total. The van der Waals surface area contributed by atoms with E-state index in [4.69, 9.17) is 28.4 Å². The minimum absolute atomic E-state index is 0.403. The molecule has 1 aliphatic rings. The van der Waals surface area contributed by atoms with E-state index in [9.17, 15) is 0 Å². The summed E-state index contributed by atoms with van der Waals surface area (Å²) >= 11 is 0. The highest BCUT2D eigenvalue weighted by Gasteiger charge is 2.34. The number of hydrogen-bond acceptors (Lipinski definition) is 6. The molecule has 0 fully saturated rings. The summed E-state index contributed by atoms with van der Waals surface area (Å²) in [6, 6.07) is 17.3. The van der Waals surface area contributed by atoms with Gasteiger partial charge in [0, 0.05) is 23.3 Å². The van der Waals surface area contributed by atoms with Crippen LogP contribution in [0, 0.1) is 0 Å². The molecule has 6 heteroatoms. The average molecular weight is 434 g/mol. The summed E-state index contributed by atoms with van der Waals surface area (Å²) in [5.41, 5.74) is 3.70. The maximum atomic E-state index is 6.50. The second-order valence-electron chi connectivity index (χ2n) is 7.22. The number of rotatable bonds is 7. The molecule has 32 heavy (non-hydrogen) atoms. The van der Waals surface area contributed by atoms with Gasteiger partial charge in [0.15, 0.2) is 6.10 Å². The van der Waals surface area contributed by atoms with Gasteiger partial charge in [0.2, 0.25) is 0 Å². The molecule has 0 radical (unpaired) electrons. The zero-order chi connectivity index (χ0) is 22.7. The van der Waals surface area contributed by atoms with Gasteiger partial charge in [-0.3, -0.25) is 0 Å². The largest absolute Gasteiger partial charge is 0.497 e. The molecule has 0 amide bonds. The first-order valence-corrected chi connectivity index (χ1v) is 10.1. The molecule has 1 heterocycles. The summed E-state index contributed by atoms with van der Waals surface area (Å²) < 4.78 is 33.9. The van der Waals surface area contributed by atoms with E-state index < -0.39 is 6.10 Å². The van der Waals surface area contributed by atoms with Gasteiger partial charge in [-0.25, -0.2) is 0 Å². The molecule has 0 saturated heterocycles. The fourth-order valence-electron chi connectivity index (χ4n) is 3.79. The highest BCUT2D eigenvalue weighted by atomic mass is 16.5. The van der Waals surface area contributed by atoms with E-state index in [0.29, 0.717) is 28.8 Å². The number of hydrogen-bond donors (Lipinski definition) is 0. The molecular formula is C26H26O6. The predicted molar refractivity (Wildman–Crippen MR) is 123 cm³/mol. The Morgan fingerprint density at radius 3 is 1.81 bits per heavy atom. The molecule has 0 aromatic heterocycles. The monoisotopic (exact) mass is 434 g/mol. The summed E-state index contributed by atoms with van der Waals surface area (Å²) in [7, 11) is 8.18. The predicted octanol–water partition coefficient (Wildman–Crippen LogP) is 5.35. The minimum atomic E-state index is -0.403. The van der Waals surface area contributed by atoms with Crippen molar-refractivity contribution in [3.05, 3.63) is 76.9 Å². The number of benzene rings is 3. The standard InChI is InChI=1S/C26H26O6/c1-27-18-8-6-16(7-9-18)10-23-22-14-21(30-4)15-24(31-5)25(22)26(32-23)17-11-19(28-2)13-20(12-17)29-3/h6-15,26H,1-5H3/b23-10-. The lowest BCUT2D eigenvalue weighted by Gasteiger charge is -2.17. The normalized spacial score (nSPS) is 15.7. The topological polar surface area (TPSA) is 55.4 Å². The second kappa shape index (κ2) is 9.14. The van der Waals surface area contributed by atoms with Crippen molar-refractivity contribution < 1.29 is 28.4 Å². The number of fused-ring (bicyclic) bond motifs is 1. The van der Waals surface area contributed by atoms with Crippen LogP contribution in [0.5, 0.6) is 28.7 Å². The maximum absolute atomic E-state index is 6.50. The molecule has 3 aromatic rings. The van der Waals surface area contributed by atoms with Gasteiger partial charge in [0.1, 0.15) is 34.5 Å². The SMILES string of the molecule is COc1ccc(/C=C2\OC(c3cc(OC)cc(OC)c3)c3c(OC)cc(OC)cc32)cc1. The van der Waals surface area contributed by atoms with E-state index in [2.05, 4.69) is 0 Å². The highest BCUT2D eigenvalue weighted by Crippen LogP contribution is 2.50. The Labute approximate surface area is 187 Å². The van der Waals surface area contributed by atoms with Crippen molar-refractivity contribution in [1.29, 1.82) is 0 Å². The fourth-order valence-corrected chi connectivity index (χ4v) is 3.79. The second-order valence-corrected chi connectivity index (χ2v) is 7.22. The van der Waals surface area contributed by atoms with Gasteiger partial charge in [-0.15, -0.1) is 0 Å². The molecule has 1 unspecified atom stereocenters. The van der Waals surface area contributed by atoms with Gasteiger partial charge in [0.05, 0.1) is 41.1 Å². The van der Waals surface area contributed by atoms with Crippen LogP contribution in [0.25, 0.3) is 11.8 Å². The van der Waals surface area contributed by atoms with Crippen molar-refractivity contribution >= 4 is 11.8 Å². The summed E-state index contributed by atoms with van der Waals surface area (Å²) in [6.45, 7) is 0. The summed E-state index contributed by atoms with van der Waals surface area (Å²) in [4.78, 5) is 0. The molecule has 0 bridgehead atoms. The molecule has 0 aliphatic carbocycles. The smallest absolute Gasteiger partial charge is 0.153 e. The van der Waals surface area contributed by atoms with Gasteiger partial charge in [0.25, 0.3) is 0 Å². The third-order valence-corrected chi connectivity index (χ3v) is 5.43. The summed E-state index contributed by atoms with van der Waals surface area (Å²) in [6.07, 6.45) is 1.59. The molecule has 0 spiro atoms. The quantitative estimate of drug-likeness (QED) is 0.500. The fraction of sp³-hybridized carbons (Fsp3) is 0.231. The molecule has 1 atom stereocenters. The zero-order valence-electron chi connectivity index (χ0n) is 18.8. The molecule has 3 aromatic carbocycles. The van der Waals surface area contributed by atoms with Crippen molar-refractivity contribution in [2.24, 2.45) is 0 Å². The van der Waals surface area contributed by atoms with Crippen LogP contribution in [0.2, 0.25) is 0 Å². The van der Waals surface area contributed by atoms with E-state index >= 15 is 0 Å². The Hall–Kier alpha value is -3.80. The van der Waals surface area contributed by atoms with Crippen LogP contribution >= 0.6 is 0 Å². The van der Waals surface area contributed by atoms with Gasteiger partial charge < -0.3 is 28.4 Å². The first-order valence-electron chi connectivity index (χ1n) is 10.1. The Balaban J connectivity index is 1.87. The van der Waals surface area contributed by atoms with Gasteiger partial charge in [-0.2, -0.15) is 0 Å². The van der Waals surface area contributed by atoms with E-state index in [0.717, 1.165) is 28.0 Å². The zero-order valence-corrected chi connectivity index (χ0v) is 18.8. The first kappa shape index (κ1) is 21.4. The van der Waals surface area contributed by atoms with Crippen LogP contribution in [0.1, 0.15) is 28.4 Å². The molecule has 1 aliphatic heterocycles. The molecule has 4 rings (SSSR count). The lowest BCUT2D eigenvalue weighted by Crippen LogP contribution is -2.02.